The molecule has 0 radical (unpaired) electrons. The molecule has 4 aliphatic rings. The van der Waals surface area contributed by atoms with E-state index in [0.717, 1.165) is 67.0 Å². The Morgan fingerprint density at radius 2 is 1.60 bits per heavy atom. The lowest BCUT2D eigenvalue weighted by molar-refractivity contribution is -0.161. The van der Waals surface area contributed by atoms with Gasteiger partial charge in [0.05, 0.1) is 18.2 Å². The molecule has 4 bridgehead atoms. The minimum Gasteiger partial charge on any atom is -0.497 e. The van der Waals surface area contributed by atoms with Crippen LogP contribution in [0, 0.1) is 30.1 Å². The standard InChI is InChI=1S/C26H31NO3/c1-17-3-10-24(23(27-17)9-6-18-4-7-22(29-2)8-5-18)30-25(28)26-14-19-11-20(15-26)13-21(12-19)16-26/h3-5,7-8,10,19-21H,6,9,11-16H2,1-2H3. The number of benzene rings is 1. The van der Waals surface area contributed by atoms with Crippen LogP contribution in [0.25, 0.3) is 0 Å². The predicted molar refractivity (Wildman–Crippen MR) is 116 cm³/mol. The third-order valence-electron chi connectivity index (χ3n) is 7.56. The van der Waals surface area contributed by atoms with E-state index in [9.17, 15) is 4.79 Å². The second-order valence-corrected chi connectivity index (χ2v) is 9.83. The number of aromatic nitrogens is 1. The van der Waals surface area contributed by atoms with Crippen LogP contribution in [0.5, 0.6) is 11.5 Å². The summed E-state index contributed by atoms with van der Waals surface area (Å²) >= 11 is 0. The van der Waals surface area contributed by atoms with Crippen molar-refractivity contribution in [2.75, 3.05) is 7.11 Å². The largest absolute Gasteiger partial charge is 0.497 e. The maximum Gasteiger partial charge on any atom is 0.317 e. The molecule has 0 amide bonds. The van der Waals surface area contributed by atoms with Crippen LogP contribution in [-0.4, -0.2) is 18.1 Å². The van der Waals surface area contributed by atoms with Crippen molar-refractivity contribution in [3.05, 3.63) is 53.3 Å². The van der Waals surface area contributed by atoms with Gasteiger partial charge >= 0.3 is 5.97 Å². The molecule has 0 unspecified atom stereocenters. The third-order valence-corrected chi connectivity index (χ3v) is 7.56. The SMILES string of the molecule is COc1ccc(CCc2nc(C)ccc2OC(=O)C23CC4CC(CC(C4)C2)C3)cc1. The summed E-state index contributed by atoms with van der Waals surface area (Å²) in [6.45, 7) is 1.99. The molecule has 2 aromatic rings. The van der Waals surface area contributed by atoms with Crippen LogP contribution < -0.4 is 9.47 Å². The molecule has 30 heavy (non-hydrogen) atoms. The molecule has 6 rings (SSSR count). The molecular weight excluding hydrogens is 374 g/mol. The van der Waals surface area contributed by atoms with Gasteiger partial charge in [-0.25, -0.2) is 0 Å². The van der Waals surface area contributed by atoms with Crippen LogP contribution in [0.4, 0.5) is 0 Å². The van der Waals surface area contributed by atoms with Crippen LogP contribution in [0.2, 0.25) is 0 Å². The van der Waals surface area contributed by atoms with Gasteiger partial charge in [-0.05, 0) is 106 Å². The number of hydrogen-bond donors (Lipinski definition) is 0. The minimum atomic E-state index is -0.243. The number of hydrogen-bond acceptors (Lipinski definition) is 4. The minimum absolute atomic E-state index is 0.00190. The number of ether oxygens (including phenoxy) is 2. The summed E-state index contributed by atoms with van der Waals surface area (Å²) in [6, 6.07) is 12.0. The Morgan fingerprint density at radius 3 is 2.20 bits per heavy atom. The lowest BCUT2D eigenvalue weighted by Gasteiger charge is -2.55. The number of esters is 1. The summed E-state index contributed by atoms with van der Waals surface area (Å²) in [7, 11) is 1.68. The highest BCUT2D eigenvalue weighted by molar-refractivity contribution is 5.80. The first-order valence-corrected chi connectivity index (χ1v) is 11.3. The molecule has 1 aromatic carbocycles. The molecule has 0 N–H and O–H groups in total. The molecule has 158 valence electrons. The molecule has 4 fully saturated rings. The molecule has 0 aliphatic heterocycles. The van der Waals surface area contributed by atoms with Gasteiger partial charge < -0.3 is 9.47 Å². The van der Waals surface area contributed by atoms with E-state index >= 15 is 0 Å². The van der Waals surface area contributed by atoms with Gasteiger partial charge in [-0.2, -0.15) is 0 Å². The van der Waals surface area contributed by atoms with E-state index < -0.39 is 0 Å². The van der Waals surface area contributed by atoms with Crippen molar-refractivity contribution in [3.63, 3.8) is 0 Å². The van der Waals surface area contributed by atoms with Crippen molar-refractivity contribution in [2.45, 2.75) is 58.3 Å². The van der Waals surface area contributed by atoms with Gasteiger partial charge in [-0.15, -0.1) is 0 Å². The quantitative estimate of drug-likeness (QED) is 0.612. The van der Waals surface area contributed by atoms with Crippen LogP contribution in [0.1, 0.15) is 55.5 Å². The van der Waals surface area contributed by atoms with Crippen LogP contribution in [-0.2, 0) is 17.6 Å². The zero-order valence-corrected chi connectivity index (χ0v) is 18.0. The third kappa shape index (κ3) is 3.73. The molecule has 1 heterocycles. The normalized spacial score (nSPS) is 29.1. The van der Waals surface area contributed by atoms with Crippen molar-refractivity contribution < 1.29 is 14.3 Å². The van der Waals surface area contributed by atoms with E-state index in [4.69, 9.17) is 14.5 Å². The number of pyridine rings is 1. The number of aryl methyl sites for hydroxylation is 3. The van der Waals surface area contributed by atoms with Gasteiger partial charge in [-0.3, -0.25) is 9.78 Å². The predicted octanol–water partition coefficient (Wildman–Crippen LogP) is 5.31. The van der Waals surface area contributed by atoms with E-state index in [1.807, 2.05) is 31.2 Å². The van der Waals surface area contributed by atoms with Crippen molar-refractivity contribution >= 4 is 5.97 Å². The lowest BCUT2D eigenvalue weighted by atomic mass is 9.49. The fourth-order valence-corrected chi connectivity index (χ4v) is 6.49. The molecule has 4 aliphatic carbocycles. The topological polar surface area (TPSA) is 48.4 Å². The van der Waals surface area contributed by atoms with Gasteiger partial charge in [0, 0.05) is 5.69 Å². The fourth-order valence-electron chi connectivity index (χ4n) is 6.49. The zero-order chi connectivity index (χ0) is 20.7. The first kappa shape index (κ1) is 19.6. The average Bonchev–Trinajstić information content (AvgIpc) is 2.73. The number of carbonyl (C=O) groups excluding carboxylic acids is 1. The Morgan fingerprint density at radius 1 is 0.967 bits per heavy atom. The van der Waals surface area contributed by atoms with Crippen LogP contribution in [0.3, 0.4) is 0 Å². The average molecular weight is 406 g/mol. The molecular formula is C26H31NO3. The monoisotopic (exact) mass is 405 g/mol. The Balaban J connectivity index is 1.31. The number of carbonyl (C=O) groups is 1. The van der Waals surface area contributed by atoms with E-state index in [1.165, 1.54) is 24.8 Å². The van der Waals surface area contributed by atoms with Gasteiger partial charge in [0.15, 0.2) is 5.75 Å². The van der Waals surface area contributed by atoms with E-state index in [2.05, 4.69) is 12.1 Å². The summed E-state index contributed by atoms with van der Waals surface area (Å²) in [5.74, 6) is 3.70. The maximum atomic E-state index is 13.4. The maximum absolute atomic E-state index is 13.4. The molecule has 0 atom stereocenters. The zero-order valence-electron chi connectivity index (χ0n) is 18.0. The summed E-state index contributed by atoms with van der Waals surface area (Å²) < 4.78 is 11.3. The fraction of sp³-hybridized carbons (Fsp3) is 0.538. The van der Waals surface area contributed by atoms with Gasteiger partial charge in [0.25, 0.3) is 0 Å². The summed E-state index contributed by atoms with van der Waals surface area (Å²) in [6.07, 6.45) is 8.65. The highest BCUT2D eigenvalue weighted by Gasteiger charge is 2.55. The van der Waals surface area contributed by atoms with Crippen molar-refractivity contribution in [2.24, 2.45) is 23.2 Å². The van der Waals surface area contributed by atoms with Crippen LogP contribution in [0.15, 0.2) is 36.4 Å². The van der Waals surface area contributed by atoms with E-state index in [0.29, 0.717) is 5.75 Å². The second-order valence-electron chi connectivity index (χ2n) is 9.83. The Bertz CT molecular complexity index is 899. The molecule has 0 saturated heterocycles. The Labute approximate surface area is 179 Å². The smallest absolute Gasteiger partial charge is 0.317 e. The highest BCUT2D eigenvalue weighted by atomic mass is 16.5. The summed E-state index contributed by atoms with van der Waals surface area (Å²) in [5, 5.41) is 0. The summed E-state index contributed by atoms with van der Waals surface area (Å²) in [4.78, 5) is 18.1. The molecule has 4 nitrogen and oxygen atoms in total. The van der Waals surface area contributed by atoms with Gasteiger partial charge in [0.1, 0.15) is 5.75 Å². The molecule has 1 aromatic heterocycles. The van der Waals surface area contributed by atoms with Crippen molar-refractivity contribution in [3.8, 4) is 11.5 Å². The first-order chi connectivity index (χ1) is 14.5. The molecule has 4 saturated carbocycles. The van der Waals surface area contributed by atoms with Crippen molar-refractivity contribution in [1.82, 2.24) is 4.98 Å². The lowest BCUT2D eigenvalue weighted by Crippen LogP contribution is -2.51. The number of nitrogens with zero attached hydrogens (tertiary/aromatic N) is 1. The van der Waals surface area contributed by atoms with Crippen LogP contribution >= 0.6 is 0 Å². The van der Waals surface area contributed by atoms with E-state index in [1.54, 1.807) is 7.11 Å². The second kappa shape index (κ2) is 7.72. The Hall–Kier alpha value is -2.36. The van der Waals surface area contributed by atoms with Gasteiger partial charge in [0.2, 0.25) is 0 Å². The summed E-state index contributed by atoms with van der Waals surface area (Å²) in [5.41, 5.74) is 2.81. The first-order valence-electron chi connectivity index (χ1n) is 11.3. The Kier molecular flexibility index (Phi) is 5.04. The highest BCUT2D eigenvalue weighted by Crippen LogP contribution is 2.60. The molecule has 4 heteroatoms. The molecule has 0 spiro atoms. The van der Waals surface area contributed by atoms with Gasteiger partial charge in [-0.1, -0.05) is 12.1 Å². The number of rotatable bonds is 6. The van der Waals surface area contributed by atoms with Crippen molar-refractivity contribution in [1.29, 1.82) is 0 Å². The number of methoxy groups -OCH3 is 1. The van der Waals surface area contributed by atoms with E-state index in [-0.39, 0.29) is 11.4 Å².